The number of anilines is 1. The Morgan fingerprint density at radius 1 is 1.45 bits per heavy atom. The topological polar surface area (TPSA) is 55.1 Å². The van der Waals surface area contributed by atoms with E-state index in [-0.39, 0.29) is 5.91 Å². The van der Waals surface area contributed by atoms with Crippen molar-refractivity contribution in [3.8, 4) is 0 Å². The molecule has 0 aliphatic heterocycles. The number of hydrogen-bond acceptors (Lipinski definition) is 2. The molecule has 1 aromatic rings. The summed E-state index contributed by atoms with van der Waals surface area (Å²) in [5, 5.41) is 4.01. The molecule has 1 amide bonds. The van der Waals surface area contributed by atoms with E-state index in [1.807, 2.05) is 18.2 Å². The molecule has 1 fully saturated rings. The van der Waals surface area contributed by atoms with Crippen LogP contribution in [0.5, 0.6) is 0 Å². The van der Waals surface area contributed by atoms with Gasteiger partial charge in [-0.3, -0.25) is 4.79 Å². The van der Waals surface area contributed by atoms with Crippen LogP contribution in [0, 0.1) is 5.92 Å². The van der Waals surface area contributed by atoms with Crippen LogP contribution in [0.3, 0.4) is 0 Å². The Morgan fingerprint density at radius 2 is 2.20 bits per heavy atom. The monoisotopic (exact) mass is 358 g/mol. The van der Waals surface area contributed by atoms with E-state index < -0.39 is 5.54 Å². The molecule has 0 aromatic heterocycles. The van der Waals surface area contributed by atoms with Crippen LogP contribution in [0.15, 0.2) is 22.7 Å². The third-order valence-corrected chi connectivity index (χ3v) is 5.35. The van der Waals surface area contributed by atoms with Crippen LogP contribution < -0.4 is 11.1 Å². The van der Waals surface area contributed by atoms with Gasteiger partial charge >= 0.3 is 0 Å². The van der Waals surface area contributed by atoms with Crippen LogP contribution in [-0.4, -0.2) is 11.4 Å². The smallest absolute Gasteiger partial charge is 0.243 e. The molecule has 1 aliphatic carbocycles. The van der Waals surface area contributed by atoms with Gasteiger partial charge < -0.3 is 11.1 Å². The maximum Gasteiger partial charge on any atom is 0.243 e. The van der Waals surface area contributed by atoms with Crippen molar-refractivity contribution in [2.24, 2.45) is 11.7 Å². The first-order valence-corrected chi connectivity index (χ1v) is 8.13. The van der Waals surface area contributed by atoms with Crippen LogP contribution in [0.25, 0.3) is 0 Å². The fourth-order valence-corrected chi connectivity index (χ4v) is 3.29. The number of carbonyl (C=O) groups excluding carboxylic acids is 1. The van der Waals surface area contributed by atoms with Crippen molar-refractivity contribution < 1.29 is 4.79 Å². The van der Waals surface area contributed by atoms with Crippen LogP contribution in [-0.2, 0) is 4.79 Å². The second-order valence-electron chi connectivity index (χ2n) is 5.74. The van der Waals surface area contributed by atoms with Gasteiger partial charge in [0.25, 0.3) is 0 Å². The highest BCUT2D eigenvalue weighted by Crippen LogP contribution is 2.34. The third kappa shape index (κ3) is 3.47. The summed E-state index contributed by atoms with van der Waals surface area (Å²) in [6.45, 7) is 2.23. The lowest BCUT2D eigenvalue weighted by molar-refractivity contribution is -0.122. The van der Waals surface area contributed by atoms with Crippen molar-refractivity contribution in [2.75, 3.05) is 5.32 Å². The average Bonchev–Trinajstić information content (AvgIpc) is 2.57. The predicted octanol–water partition coefficient (Wildman–Crippen LogP) is 4.34. The number of nitrogens with one attached hydrogen (secondary N) is 1. The summed E-state index contributed by atoms with van der Waals surface area (Å²) in [7, 11) is 0. The Kier molecular flexibility index (Phi) is 4.97. The van der Waals surface area contributed by atoms with Gasteiger partial charge in [-0.2, -0.15) is 0 Å². The minimum atomic E-state index is -0.641. The molecule has 3 nitrogen and oxygen atoms in total. The molecule has 3 N–H and O–H groups in total. The first kappa shape index (κ1) is 15.6. The van der Waals surface area contributed by atoms with E-state index in [1.54, 1.807) is 0 Å². The number of rotatable bonds is 3. The summed E-state index contributed by atoms with van der Waals surface area (Å²) in [5.41, 5.74) is 5.92. The molecule has 2 unspecified atom stereocenters. The second kappa shape index (κ2) is 6.35. The molecule has 1 aromatic carbocycles. The number of carbonyl (C=O) groups is 1. The molecule has 0 saturated heterocycles. The first-order chi connectivity index (χ1) is 9.43. The molecule has 2 atom stereocenters. The average molecular weight is 360 g/mol. The first-order valence-electron chi connectivity index (χ1n) is 6.96. The summed E-state index contributed by atoms with van der Waals surface area (Å²) in [4.78, 5) is 12.0. The number of benzene rings is 1. The van der Waals surface area contributed by atoms with Gasteiger partial charge in [-0.15, -0.1) is 0 Å². The lowest BCUT2D eigenvalue weighted by Crippen LogP contribution is -2.50. The van der Waals surface area contributed by atoms with Gasteiger partial charge in [-0.25, -0.2) is 0 Å². The Bertz CT molecular complexity index is 509. The maximum atomic E-state index is 12.0. The van der Waals surface area contributed by atoms with Gasteiger partial charge in [0.15, 0.2) is 0 Å². The van der Waals surface area contributed by atoms with Crippen molar-refractivity contribution in [2.45, 2.75) is 44.6 Å². The van der Waals surface area contributed by atoms with E-state index >= 15 is 0 Å². The van der Waals surface area contributed by atoms with E-state index in [2.05, 4.69) is 28.2 Å². The van der Waals surface area contributed by atoms with E-state index in [9.17, 15) is 4.79 Å². The highest BCUT2D eigenvalue weighted by molar-refractivity contribution is 9.10. The number of hydrogen-bond donors (Lipinski definition) is 2. The van der Waals surface area contributed by atoms with Crippen molar-refractivity contribution in [1.82, 2.24) is 0 Å². The zero-order valence-corrected chi connectivity index (χ0v) is 13.9. The number of halogens is 2. The van der Waals surface area contributed by atoms with Gasteiger partial charge in [-0.1, -0.05) is 31.4 Å². The van der Waals surface area contributed by atoms with Crippen molar-refractivity contribution in [1.29, 1.82) is 0 Å². The number of nitrogens with two attached hydrogens (primary N) is 1. The highest BCUT2D eigenvalue weighted by Gasteiger charge is 2.37. The normalized spacial score (nSPS) is 26.9. The third-order valence-electron chi connectivity index (χ3n) is 4.14. The minimum Gasteiger partial charge on any atom is -0.371 e. The summed E-state index contributed by atoms with van der Waals surface area (Å²) in [5.74, 6) is 0.382. The van der Waals surface area contributed by atoms with Crippen molar-refractivity contribution in [3.05, 3.63) is 27.7 Å². The van der Waals surface area contributed by atoms with E-state index in [4.69, 9.17) is 17.3 Å². The predicted molar refractivity (Wildman–Crippen MR) is 86.9 cm³/mol. The molecule has 5 heteroatoms. The largest absolute Gasteiger partial charge is 0.371 e. The van der Waals surface area contributed by atoms with Crippen molar-refractivity contribution >= 4 is 39.1 Å². The lowest BCUT2D eigenvalue weighted by Gasteiger charge is -2.32. The SMILES string of the molecule is CC1CCCC(Nc2ccc(Cl)c(Br)c2)(C(N)=O)CC1. The Labute approximate surface area is 133 Å². The van der Waals surface area contributed by atoms with E-state index in [0.29, 0.717) is 10.9 Å². The zero-order valence-electron chi connectivity index (χ0n) is 11.6. The standard InChI is InChI=1S/C15H20BrClN2O/c1-10-3-2-7-15(8-6-10,14(18)20)19-11-4-5-13(17)12(16)9-11/h4-5,9-10,19H,2-3,6-8H2,1H3,(H2,18,20). The van der Waals surface area contributed by atoms with Gasteiger partial charge in [0.1, 0.15) is 5.54 Å². The van der Waals surface area contributed by atoms with Crippen LogP contribution in [0.1, 0.15) is 39.0 Å². The summed E-state index contributed by atoms with van der Waals surface area (Å²) >= 11 is 9.40. The Morgan fingerprint density at radius 3 is 2.85 bits per heavy atom. The van der Waals surface area contributed by atoms with E-state index in [0.717, 1.165) is 42.3 Å². The summed E-state index contributed by atoms with van der Waals surface area (Å²) in [6, 6.07) is 5.58. The van der Waals surface area contributed by atoms with Crippen LogP contribution in [0.4, 0.5) is 5.69 Å². The minimum absolute atomic E-state index is 0.266. The fourth-order valence-electron chi connectivity index (χ4n) is 2.80. The molecule has 110 valence electrons. The molecule has 2 rings (SSSR count). The molecule has 1 saturated carbocycles. The van der Waals surface area contributed by atoms with Gasteiger partial charge in [0.05, 0.1) is 5.02 Å². The Balaban J connectivity index is 2.24. The van der Waals surface area contributed by atoms with Crippen molar-refractivity contribution in [3.63, 3.8) is 0 Å². The lowest BCUT2D eigenvalue weighted by atomic mass is 9.88. The quantitative estimate of drug-likeness (QED) is 0.789. The molecule has 0 bridgehead atoms. The molecule has 0 heterocycles. The second-order valence-corrected chi connectivity index (χ2v) is 7.00. The summed E-state index contributed by atoms with van der Waals surface area (Å²) < 4.78 is 0.811. The highest BCUT2D eigenvalue weighted by atomic mass is 79.9. The molecule has 0 spiro atoms. The van der Waals surface area contributed by atoms with Crippen LogP contribution >= 0.6 is 27.5 Å². The zero-order chi connectivity index (χ0) is 14.8. The molecular weight excluding hydrogens is 340 g/mol. The molecule has 20 heavy (non-hydrogen) atoms. The van der Waals surface area contributed by atoms with Crippen LogP contribution in [0.2, 0.25) is 5.02 Å². The Hall–Kier alpha value is -0.740. The maximum absolute atomic E-state index is 12.0. The summed E-state index contributed by atoms with van der Waals surface area (Å²) in [6.07, 6.45) is 4.76. The molecule has 1 aliphatic rings. The fraction of sp³-hybridized carbons (Fsp3) is 0.533. The molecular formula is C15H20BrClN2O. The van der Waals surface area contributed by atoms with E-state index in [1.165, 1.54) is 0 Å². The van der Waals surface area contributed by atoms with Gasteiger partial charge in [-0.05, 0) is 59.3 Å². The van der Waals surface area contributed by atoms with Gasteiger partial charge in [0, 0.05) is 10.2 Å². The number of amides is 1. The van der Waals surface area contributed by atoms with Gasteiger partial charge in [0.2, 0.25) is 5.91 Å². The number of primary amides is 1. The molecule has 0 radical (unpaired) electrons.